The zero-order valence-corrected chi connectivity index (χ0v) is 13.4. The van der Waals surface area contributed by atoms with E-state index in [1.165, 1.54) is 13.2 Å². The number of ether oxygens (including phenoxy) is 1. The molecule has 2 rings (SSSR count). The first-order valence-corrected chi connectivity index (χ1v) is 7.67. The highest BCUT2D eigenvalue weighted by Crippen LogP contribution is 2.17. The van der Waals surface area contributed by atoms with E-state index in [4.69, 9.17) is 0 Å². The molecule has 0 radical (unpaired) electrons. The van der Waals surface area contributed by atoms with Crippen molar-refractivity contribution < 1.29 is 24.2 Å². The van der Waals surface area contributed by atoms with Crippen LogP contribution in [-0.4, -0.2) is 67.2 Å². The van der Waals surface area contributed by atoms with Gasteiger partial charge in [0.15, 0.2) is 0 Å². The van der Waals surface area contributed by atoms with E-state index >= 15 is 0 Å². The average Bonchev–Trinajstić information content (AvgIpc) is 2.60. The number of anilines is 1. The molecule has 3 N–H and O–H groups in total. The van der Waals surface area contributed by atoms with Crippen LogP contribution in [-0.2, 0) is 14.3 Å². The van der Waals surface area contributed by atoms with Gasteiger partial charge < -0.3 is 20.5 Å². The average molecular weight is 335 g/mol. The molecule has 1 heterocycles. The maximum Gasteiger partial charge on any atom is 0.339 e. The zero-order valence-electron chi connectivity index (χ0n) is 13.4. The summed E-state index contributed by atoms with van der Waals surface area (Å²) in [6.45, 7) is 2.53. The molecular weight excluding hydrogens is 314 g/mol. The highest BCUT2D eigenvalue weighted by atomic mass is 16.5. The molecule has 8 nitrogen and oxygen atoms in total. The van der Waals surface area contributed by atoms with E-state index in [1.54, 1.807) is 23.1 Å². The predicted molar refractivity (Wildman–Crippen MR) is 86.9 cm³/mol. The maximum atomic E-state index is 12.3. The molecular formula is C16H21N3O5. The molecule has 1 aromatic carbocycles. The summed E-state index contributed by atoms with van der Waals surface area (Å²) in [6, 6.07) is 5.55. The number of amides is 1. The lowest BCUT2D eigenvalue weighted by Gasteiger charge is -2.32. The molecule has 0 bridgehead atoms. The van der Waals surface area contributed by atoms with Crippen LogP contribution < -0.4 is 10.6 Å². The monoisotopic (exact) mass is 335 g/mol. The van der Waals surface area contributed by atoms with Crippen molar-refractivity contribution in [2.24, 2.45) is 0 Å². The van der Waals surface area contributed by atoms with Crippen LogP contribution >= 0.6 is 0 Å². The Morgan fingerprint density at radius 1 is 1.29 bits per heavy atom. The second kappa shape index (κ2) is 8.42. The number of carboxylic acids is 1. The van der Waals surface area contributed by atoms with Gasteiger partial charge in [0.25, 0.3) is 0 Å². The molecule has 1 fully saturated rings. The summed E-state index contributed by atoms with van der Waals surface area (Å²) >= 11 is 0. The SMILES string of the molecule is COC(=O)c1ccccc1NC(=O)C[C@@H](C(=O)O)N1CCNCC1. The maximum absolute atomic E-state index is 12.3. The lowest BCUT2D eigenvalue weighted by molar-refractivity contribution is -0.145. The number of carbonyl (C=O) groups is 3. The summed E-state index contributed by atoms with van der Waals surface area (Å²) in [5.41, 5.74) is 0.529. The number of rotatable bonds is 6. The number of methoxy groups -OCH3 is 1. The molecule has 130 valence electrons. The lowest BCUT2D eigenvalue weighted by Crippen LogP contribution is -2.52. The van der Waals surface area contributed by atoms with E-state index in [9.17, 15) is 19.5 Å². The summed E-state index contributed by atoms with van der Waals surface area (Å²) in [6.07, 6.45) is -0.190. The number of piperazine rings is 1. The molecule has 0 aromatic heterocycles. The number of nitrogens with zero attached hydrogens (tertiary/aromatic N) is 1. The van der Waals surface area contributed by atoms with E-state index in [0.717, 1.165) is 0 Å². The minimum atomic E-state index is -1.03. The van der Waals surface area contributed by atoms with E-state index in [1.807, 2.05) is 0 Å². The minimum Gasteiger partial charge on any atom is -0.480 e. The number of carbonyl (C=O) groups excluding carboxylic acids is 2. The fourth-order valence-electron chi connectivity index (χ4n) is 2.62. The first kappa shape index (κ1) is 17.9. The Kier molecular flexibility index (Phi) is 6.28. The Labute approximate surface area is 139 Å². The van der Waals surface area contributed by atoms with Crippen molar-refractivity contribution in [1.29, 1.82) is 0 Å². The third-order valence-electron chi connectivity index (χ3n) is 3.86. The number of hydrogen-bond acceptors (Lipinski definition) is 6. The minimum absolute atomic E-state index is 0.190. The number of nitrogens with one attached hydrogen (secondary N) is 2. The topological polar surface area (TPSA) is 108 Å². The lowest BCUT2D eigenvalue weighted by atomic mass is 10.1. The predicted octanol–water partition coefficient (Wildman–Crippen LogP) is 0.160. The molecule has 0 spiro atoms. The number of carboxylic acid groups (broad SMARTS) is 1. The van der Waals surface area contributed by atoms with Crippen molar-refractivity contribution in [2.75, 3.05) is 38.6 Å². The molecule has 1 aliphatic rings. The largest absolute Gasteiger partial charge is 0.480 e. The van der Waals surface area contributed by atoms with Gasteiger partial charge in [0.2, 0.25) is 5.91 Å². The van der Waals surface area contributed by atoms with Crippen LogP contribution in [0.5, 0.6) is 0 Å². The Balaban J connectivity index is 2.06. The van der Waals surface area contributed by atoms with Crippen molar-refractivity contribution >= 4 is 23.5 Å². The van der Waals surface area contributed by atoms with Crippen LogP contribution in [0.2, 0.25) is 0 Å². The number of para-hydroxylation sites is 1. The van der Waals surface area contributed by atoms with Gasteiger partial charge in [0.1, 0.15) is 6.04 Å². The number of aliphatic carboxylic acids is 1. The molecule has 8 heteroatoms. The third kappa shape index (κ3) is 4.53. The van der Waals surface area contributed by atoms with Crippen LogP contribution in [0.25, 0.3) is 0 Å². The van der Waals surface area contributed by atoms with Crippen molar-refractivity contribution in [3.8, 4) is 0 Å². The van der Waals surface area contributed by atoms with Crippen LogP contribution in [0, 0.1) is 0 Å². The van der Waals surface area contributed by atoms with E-state index in [0.29, 0.717) is 31.9 Å². The second-order valence-electron chi connectivity index (χ2n) is 5.43. The van der Waals surface area contributed by atoms with E-state index in [2.05, 4.69) is 15.4 Å². The molecule has 0 saturated carbocycles. The Morgan fingerprint density at radius 2 is 1.96 bits per heavy atom. The van der Waals surface area contributed by atoms with E-state index in [-0.39, 0.29) is 12.0 Å². The van der Waals surface area contributed by atoms with Crippen LogP contribution in [0.3, 0.4) is 0 Å². The van der Waals surface area contributed by atoms with Gasteiger partial charge in [-0.3, -0.25) is 14.5 Å². The highest BCUT2D eigenvalue weighted by Gasteiger charge is 2.29. The molecule has 0 unspecified atom stereocenters. The normalized spacial score (nSPS) is 16.2. The number of hydrogen-bond donors (Lipinski definition) is 3. The van der Waals surface area contributed by atoms with Crippen molar-refractivity contribution in [2.45, 2.75) is 12.5 Å². The summed E-state index contributed by atoms with van der Waals surface area (Å²) < 4.78 is 4.67. The van der Waals surface area contributed by atoms with Crippen molar-refractivity contribution in [1.82, 2.24) is 10.2 Å². The molecule has 1 aromatic rings. The summed E-state index contributed by atoms with van der Waals surface area (Å²) in [4.78, 5) is 37.2. The van der Waals surface area contributed by atoms with Gasteiger partial charge >= 0.3 is 11.9 Å². The number of benzene rings is 1. The van der Waals surface area contributed by atoms with Crippen LogP contribution in [0.15, 0.2) is 24.3 Å². The molecule has 0 aliphatic carbocycles. The standard InChI is InChI=1S/C16H21N3O5/c1-24-16(23)11-4-2-3-5-12(11)18-14(20)10-13(15(21)22)19-8-6-17-7-9-19/h2-5,13,17H,6-10H2,1H3,(H,18,20)(H,21,22)/t13-/m0/s1. The van der Waals surface area contributed by atoms with Gasteiger partial charge in [-0.25, -0.2) is 4.79 Å². The third-order valence-corrected chi connectivity index (χ3v) is 3.86. The van der Waals surface area contributed by atoms with Gasteiger partial charge in [-0.15, -0.1) is 0 Å². The number of esters is 1. The Hall–Kier alpha value is -2.45. The van der Waals surface area contributed by atoms with Crippen molar-refractivity contribution in [3.05, 3.63) is 29.8 Å². The van der Waals surface area contributed by atoms with Gasteiger partial charge in [-0.1, -0.05) is 12.1 Å². The molecule has 1 aliphatic heterocycles. The van der Waals surface area contributed by atoms with Gasteiger partial charge in [-0.2, -0.15) is 0 Å². The molecule has 24 heavy (non-hydrogen) atoms. The second-order valence-corrected chi connectivity index (χ2v) is 5.43. The smallest absolute Gasteiger partial charge is 0.339 e. The fraction of sp³-hybridized carbons (Fsp3) is 0.438. The van der Waals surface area contributed by atoms with Gasteiger partial charge in [0.05, 0.1) is 24.8 Å². The Morgan fingerprint density at radius 3 is 2.58 bits per heavy atom. The molecule has 1 atom stereocenters. The highest BCUT2D eigenvalue weighted by molar-refractivity contribution is 6.02. The fourth-order valence-corrected chi connectivity index (χ4v) is 2.62. The molecule has 1 saturated heterocycles. The Bertz CT molecular complexity index is 613. The first-order valence-electron chi connectivity index (χ1n) is 7.67. The zero-order chi connectivity index (χ0) is 17.5. The van der Waals surface area contributed by atoms with Gasteiger partial charge in [0, 0.05) is 26.2 Å². The summed E-state index contributed by atoms with van der Waals surface area (Å²) in [5, 5.41) is 15.2. The van der Waals surface area contributed by atoms with Crippen molar-refractivity contribution in [3.63, 3.8) is 0 Å². The van der Waals surface area contributed by atoms with Crippen LogP contribution in [0.1, 0.15) is 16.8 Å². The summed E-state index contributed by atoms with van der Waals surface area (Å²) in [7, 11) is 1.26. The first-order chi connectivity index (χ1) is 11.5. The van der Waals surface area contributed by atoms with Crippen LogP contribution in [0.4, 0.5) is 5.69 Å². The van der Waals surface area contributed by atoms with Gasteiger partial charge in [-0.05, 0) is 12.1 Å². The van der Waals surface area contributed by atoms with E-state index < -0.39 is 23.9 Å². The quantitative estimate of drug-likeness (QED) is 0.636. The summed E-state index contributed by atoms with van der Waals surface area (Å²) in [5.74, 6) is -2.06. The molecule has 1 amide bonds.